The maximum atomic E-state index is 12.8. The Balaban J connectivity index is 1.80. The first-order valence-corrected chi connectivity index (χ1v) is 8.56. The molecular weight excluding hydrogens is 357 g/mol. The van der Waals surface area contributed by atoms with Crippen molar-refractivity contribution in [2.45, 2.75) is 31.5 Å². The first-order valence-electron chi connectivity index (χ1n) is 8.56. The molecular formula is C20H19F3N2O2. The number of aryl methyl sites for hydroxylation is 1. The van der Waals surface area contributed by atoms with Gasteiger partial charge in [-0.25, -0.2) is 4.99 Å². The van der Waals surface area contributed by atoms with Crippen molar-refractivity contribution in [3.63, 3.8) is 0 Å². The number of hydrogen-bond acceptors (Lipinski definition) is 3. The number of benzene rings is 2. The van der Waals surface area contributed by atoms with Crippen LogP contribution in [-0.2, 0) is 17.3 Å². The van der Waals surface area contributed by atoms with Gasteiger partial charge in [-0.3, -0.25) is 10.1 Å². The highest BCUT2D eigenvalue weighted by atomic mass is 19.4. The number of methoxy groups -OCH3 is 1. The predicted molar refractivity (Wildman–Crippen MR) is 95.5 cm³/mol. The van der Waals surface area contributed by atoms with Gasteiger partial charge in [0.2, 0.25) is 0 Å². The summed E-state index contributed by atoms with van der Waals surface area (Å²) in [4.78, 5) is 16.8. The van der Waals surface area contributed by atoms with Crippen LogP contribution in [0.2, 0.25) is 0 Å². The van der Waals surface area contributed by atoms with Gasteiger partial charge in [-0.1, -0.05) is 30.3 Å². The van der Waals surface area contributed by atoms with E-state index in [0.29, 0.717) is 0 Å². The summed E-state index contributed by atoms with van der Waals surface area (Å²) in [7, 11) is 1.36. The molecule has 1 aliphatic carbocycles. The monoisotopic (exact) mass is 376 g/mol. The molecule has 4 nitrogen and oxygen atoms in total. The van der Waals surface area contributed by atoms with Crippen LogP contribution in [0.1, 0.15) is 45.9 Å². The highest BCUT2D eigenvalue weighted by Crippen LogP contribution is 2.32. The van der Waals surface area contributed by atoms with Crippen molar-refractivity contribution in [2.75, 3.05) is 7.11 Å². The lowest BCUT2D eigenvalue weighted by Crippen LogP contribution is -2.32. The average Bonchev–Trinajstić information content (AvgIpc) is 2.67. The molecule has 0 saturated carbocycles. The summed E-state index contributed by atoms with van der Waals surface area (Å²) in [6, 6.07) is 12.0. The van der Waals surface area contributed by atoms with Crippen LogP contribution in [0.25, 0.3) is 0 Å². The van der Waals surface area contributed by atoms with Gasteiger partial charge < -0.3 is 4.74 Å². The minimum absolute atomic E-state index is 0.0147. The topological polar surface area (TPSA) is 50.7 Å². The van der Waals surface area contributed by atoms with Gasteiger partial charge in [0, 0.05) is 5.56 Å². The summed E-state index contributed by atoms with van der Waals surface area (Å²) in [6.07, 6.45) is -1.77. The third-order valence-corrected chi connectivity index (χ3v) is 4.48. The molecule has 0 bridgehead atoms. The van der Waals surface area contributed by atoms with Crippen molar-refractivity contribution in [3.8, 4) is 0 Å². The summed E-state index contributed by atoms with van der Waals surface area (Å²) in [5.41, 5.74) is 1.29. The second kappa shape index (κ2) is 7.82. The van der Waals surface area contributed by atoms with E-state index in [0.717, 1.165) is 37.0 Å². The zero-order chi connectivity index (χ0) is 19.4. The Kier molecular flexibility index (Phi) is 5.48. The highest BCUT2D eigenvalue weighted by Gasteiger charge is 2.31. The Hall–Kier alpha value is -2.83. The molecule has 0 radical (unpaired) electrons. The molecule has 1 N–H and O–H groups in total. The molecule has 27 heavy (non-hydrogen) atoms. The van der Waals surface area contributed by atoms with E-state index in [9.17, 15) is 18.0 Å². The minimum atomic E-state index is -4.51. The first-order chi connectivity index (χ1) is 12.9. The van der Waals surface area contributed by atoms with Gasteiger partial charge in [0.1, 0.15) is 0 Å². The van der Waals surface area contributed by atoms with Gasteiger partial charge in [0.25, 0.3) is 11.9 Å². The van der Waals surface area contributed by atoms with Crippen molar-refractivity contribution < 1.29 is 22.7 Å². The summed E-state index contributed by atoms with van der Waals surface area (Å²) < 4.78 is 43.6. The number of aliphatic imine (C=N–C) groups is 1. The molecule has 0 aliphatic heterocycles. The quantitative estimate of drug-likeness (QED) is 0.619. The van der Waals surface area contributed by atoms with Crippen LogP contribution >= 0.6 is 0 Å². The standard InChI is InChI=1S/C20H19F3N2O2/c1-27-19(24-17-11-5-7-13-6-2-3-10-16(13)17)25-18(26)14-8-4-9-15(12-14)20(21,22)23/h2-4,6,8-10,12,17H,5,7,11H2,1H3,(H,24,25,26)/t17-/m0/s1. The fourth-order valence-corrected chi connectivity index (χ4v) is 3.15. The third-order valence-electron chi connectivity index (χ3n) is 4.48. The Morgan fingerprint density at radius 3 is 2.70 bits per heavy atom. The van der Waals surface area contributed by atoms with Gasteiger partial charge in [0.15, 0.2) is 0 Å². The zero-order valence-electron chi connectivity index (χ0n) is 14.7. The number of rotatable bonds is 2. The van der Waals surface area contributed by atoms with Crippen LogP contribution in [0.4, 0.5) is 13.2 Å². The number of fused-ring (bicyclic) bond motifs is 1. The molecule has 0 aromatic heterocycles. The molecule has 0 fully saturated rings. The van der Waals surface area contributed by atoms with E-state index < -0.39 is 17.6 Å². The SMILES string of the molecule is COC(=N[C@H]1CCCc2ccccc21)NC(=O)c1cccc(C(F)(F)F)c1. The van der Waals surface area contributed by atoms with Crippen LogP contribution in [0, 0.1) is 0 Å². The van der Waals surface area contributed by atoms with E-state index in [1.54, 1.807) is 0 Å². The number of amidine groups is 1. The predicted octanol–water partition coefficient (Wildman–Crippen LogP) is 4.52. The van der Waals surface area contributed by atoms with E-state index in [4.69, 9.17) is 4.74 Å². The third kappa shape index (κ3) is 4.48. The second-order valence-electron chi connectivity index (χ2n) is 6.28. The maximum absolute atomic E-state index is 12.8. The Bertz CT molecular complexity index is 862. The van der Waals surface area contributed by atoms with Crippen LogP contribution in [0.5, 0.6) is 0 Å². The highest BCUT2D eigenvalue weighted by molar-refractivity contribution is 6.04. The number of amides is 1. The Morgan fingerprint density at radius 1 is 1.19 bits per heavy atom. The molecule has 0 spiro atoms. The maximum Gasteiger partial charge on any atom is 0.416 e. The molecule has 1 amide bonds. The van der Waals surface area contributed by atoms with Crippen LogP contribution in [-0.4, -0.2) is 19.0 Å². The number of nitrogens with one attached hydrogen (secondary N) is 1. The first kappa shape index (κ1) is 18.9. The van der Waals surface area contributed by atoms with Crippen molar-refractivity contribution in [3.05, 3.63) is 70.8 Å². The van der Waals surface area contributed by atoms with E-state index in [2.05, 4.69) is 10.3 Å². The van der Waals surface area contributed by atoms with E-state index in [-0.39, 0.29) is 17.6 Å². The van der Waals surface area contributed by atoms with Gasteiger partial charge in [-0.05, 0) is 48.6 Å². The molecule has 3 rings (SSSR count). The molecule has 0 unspecified atom stereocenters. The molecule has 0 saturated heterocycles. The number of carbonyl (C=O) groups excluding carboxylic acids is 1. The normalized spacial score (nSPS) is 17.2. The lowest BCUT2D eigenvalue weighted by Gasteiger charge is -2.23. The number of carbonyl (C=O) groups is 1. The van der Waals surface area contributed by atoms with Gasteiger partial charge in [-0.15, -0.1) is 0 Å². The fraction of sp³-hybridized carbons (Fsp3) is 0.300. The molecule has 2 aromatic carbocycles. The molecule has 0 heterocycles. The van der Waals surface area contributed by atoms with E-state index in [1.807, 2.05) is 24.3 Å². The Labute approximate surface area is 155 Å². The fourth-order valence-electron chi connectivity index (χ4n) is 3.15. The van der Waals surface area contributed by atoms with Crippen molar-refractivity contribution in [1.82, 2.24) is 5.32 Å². The van der Waals surface area contributed by atoms with Crippen LogP contribution < -0.4 is 5.32 Å². The van der Waals surface area contributed by atoms with Crippen molar-refractivity contribution in [1.29, 1.82) is 0 Å². The Morgan fingerprint density at radius 2 is 1.96 bits per heavy atom. The van der Waals surface area contributed by atoms with Crippen LogP contribution in [0.3, 0.4) is 0 Å². The summed E-state index contributed by atoms with van der Waals surface area (Å²) in [6.45, 7) is 0. The van der Waals surface area contributed by atoms with Gasteiger partial charge in [0.05, 0.1) is 18.7 Å². The number of halogens is 3. The van der Waals surface area contributed by atoms with Crippen molar-refractivity contribution in [2.24, 2.45) is 4.99 Å². The second-order valence-corrected chi connectivity index (χ2v) is 6.28. The number of ether oxygens (including phenoxy) is 1. The summed E-state index contributed by atoms with van der Waals surface area (Å²) >= 11 is 0. The zero-order valence-corrected chi connectivity index (χ0v) is 14.7. The van der Waals surface area contributed by atoms with Crippen molar-refractivity contribution >= 4 is 11.9 Å². The minimum Gasteiger partial charge on any atom is -0.468 e. The molecule has 7 heteroatoms. The number of nitrogens with zero attached hydrogens (tertiary/aromatic N) is 1. The molecule has 1 aliphatic rings. The summed E-state index contributed by atoms with van der Waals surface area (Å²) in [5, 5.41) is 2.46. The molecule has 2 aromatic rings. The molecule has 142 valence electrons. The lowest BCUT2D eigenvalue weighted by molar-refractivity contribution is -0.137. The van der Waals surface area contributed by atoms with E-state index in [1.165, 1.54) is 24.8 Å². The smallest absolute Gasteiger partial charge is 0.416 e. The number of hydrogen-bond donors (Lipinski definition) is 1. The average molecular weight is 376 g/mol. The largest absolute Gasteiger partial charge is 0.468 e. The summed E-state index contributed by atoms with van der Waals surface area (Å²) in [5.74, 6) is -0.703. The van der Waals surface area contributed by atoms with E-state index >= 15 is 0 Å². The van der Waals surface area contributed by atoms with Gasteiger partial charge in [-0.2, -0.15) is 13.2 Å². The van der Waals surface area contributed by atoms with Crippen LogP contribution in [0.15, 0.2) is 53.5 Å². The lowest BCUT2D eigenvalue weighted by atomic mass is 9.88. The molecule has 1 atom stereocenters. The van der Waals surface area contributed by atoms with Gasteiger partial charge >= 0.3 is 6.18 Å². The number of alkyl halides is 3.